The van der Waals surface area contributed by atoms with Crippen molar-refractivity contribution in [2.24, 2.45) is 11.8 Å². The molecule has 0 spiro atoms. The van der Waals surface area contributed by atoms with Crippen LogP contribution in [-0.2, 0) is 9.59 Å². The van der Waals surface area contributed by atoms with Crippen molar-refractivity contribution >= 4 is 17.5 Å². The number of carbonyl (C=O) groups is 2. The molecular formula is C15H20N2O2. The van der Waals surface area contributed by atoms with Gasteiger partial charge in [-0.2, -0.15) is 0 Å². The van der Waals surface area contributed by atoms with Crippen molar-refractivity contribution in [1.29, 1.82) is 0 Å². The first kappa shape index (κ1) is 13.6. The number of rotatable bonds is 4. The SMILES string of the molecule is CC(=O)Nc1cccc([C@H](C)NC(=O)[C@H]2C[C@@H]2C)c1. The Kier molecular flexibility index (Phi) is 3.88. The van der Waals surface area contributed by atoms with Crippen molar-refractivity contribution in [3.63, 3.8) is 0 Å². The van der Waals surface area contributed by atoms with E-state index in [9.17, 15) is 9.59 Å². The van der Waals surface area contributed by atoms with Crippen LogP contribution in [0.15, 0.2) is 24.3 Å². The Hall–Kier alpha value is -1.84. The summed E-state index contributed by atoms with van der Waals surface area (Å²) in [5.74, 6) is 0.726. The van der Waals surface area contributed by atoms with Crippen molar-refractivity contribution in [2.45, 2.75) is 33.2 Å². The van der Waals surface area contributed by atoms with E-state index in [1.165, 1.54) is 6.92 Å². The van der Waals surface area contributed by atoms with Gasteiger partial charge >= 0.3 is 0 Å². The Labute approximate surface area is 113 Å². The molecule has 4 nitrogen and oxygen atoms in total. The van der Waals surface area contributed by atoms with Gasteiger partial charge in [-0.1, -0.05) is 19.1 Å². The smallest absolute Gasteiger partial charge is 0.223 e. The number of nitrogens with one attached hydrogen (secondary N) is 2. The van der Waals surface area contributed by atoms with E-state index in [1.807, 2.05) is 31.2 Å². The normalized spacial score (nSPS) is 22.5. The maximum Gasteiger partial charge on any atom is 0.223 e. The van der Waals surface area contributed by atoms with E-state index < -0.39 is 0 Å². The Morgan fingerprint density at radius 2 is 2.05 bits per heavy atom. The van der Waals surface area contributed by atoms with Crippen molar-refractivity contribution in [3.8, 4) is 0 Å². The predicted molar refractivity (Wildman–Crippen MR) is 74.6 cm³/mol. The van der Waals surface area contributed by atoms with Crippen LogP contribution in [0.5, 0.6) is 0 Å². The zero-order valence-electron chi connectivity index (χ0n) is 11.6. The fraction of sp³-hybridized carbons (Fsp3) is 0.467. The molecule has 2 N–H and O–H groups in total. The molecule has 0 saturated heterocycles. The number of hydrogen-bond acceptors (Lipinski definition) is 2. The Balaban J connectivity index is 2.00. The first-order chi connectivity index (χ1) is 8.97. The largest absolute Gasteiger partial charge is 0.349 e. The average Bonchev–Trinajstić information content (AvgIpc) is 3.06. The molecule has 4 heteroatoms. The minimum Gasteiger partial charge on any atom is -0.349 e. The molecule has 1 aliphatic carbocycles. The second kappa shape index (κ2) is 5.43. The summed E-state index contributed by atoms with van der Waals surface area (Å²) in [4.78, 5) is 22.9. The van der Waals surface area contributed by atoms with Crippen LogP contribution in [0.4, 0.5) is 5.69 Å². The Morgan fingerprint density at radius 3 is 2.63 bits per heavy atom. The number of amides is 2. The molecule has 0 bridgehead atoms. The highest BCUT2D eigenvalue weighted by molar-refractivity contribution is 5.88. The van der Waals surface area contributed by atoms with Gasteiger partial charge in [0.15, 0.2) is 0 Å². The second-order valence-corrected chi connectivity index (χ2v) is 5.36. The van der Waals surface area contributed by atoms with Crippen LogP contribution in [-0.4, -0.2) is 11.8 Å². The van der Waals surface area contributed by atoms with Gasteiger partial charge in [-0.25, -0.2) is 0 Å². The van der Waals surface area contributed by atoms with Crippen LogP contribution in [0.1, 0.15) is 38.8 Å². The maximum atomic E-state index is 11.9. The van der Waals surface area contributed by atoms with Crippen LogP contribution >= 0.6 is 0 Å². The minimum absolute atomic E-state index is 0.0472. The highest BCUT2D eigenvalue weighted by Crippen LogP contribution is 2.38. The fourth-order valence-electron chi connectivity index (χ4n) is 2.18. The molecule has 102 valence electrons. The summed E-state index contributed by atoms with van der Waals surface area (Å²) in [5.41, 5.74) is 1.75. The molecule has 1 aliphatic rings. The fourth-order valence-corrected chi connectivity index (χ4v) is 2.18. The number of benzene rings is 1. The molecule has 1 fully saturated rings. The summed E-state index contributed by atoms with van der Waals surface area (Å²) in [6.45, 7) is 5.52. The van der Waals surface area contributed by atoms with Gasteiger partial charge in [0, 0.05) is 18.5 Å². The summed E-state index contributed by atoms with van der Waals surface area (Å²) < 4.78 is 0. The highest BCUT2D eigenvalue weighted by Gasteiger charge is 2.39. The molecule has 0 unspecified atom stereocenters. The molecule has 19 heavy (non-hydrogen) atoms. The zero-order valence-corrected chi connectivity index (χ0v) is 11.6. The monoisotopic (exact) mass is 260 g/mol. The second-order valence-electron chi connectivity index (χ2n) is 5.36. The number of carbonyl (C=O) groups excluding carboxylic acids is 2. The summed E-state index contributed by atoms with van der Waals surface area (Å²) in [6.07, 6.45) is 0.991. The van der Waals surface area contributed by atoms with E-state index in [-0.39, 0.29) is 23.8 Å². The average molecular weight is 260 g/mol. The Morgan fingerprint density at radius 1 is 1.37 bits per heavy atom. The van der Waals surface area contributed by atoms with E-state index in [1.54, 1.807) is 0 Å². The third-order valence-electron chi connectivity index (χ3n) is 3.51. The molecule has 1 aromatic carbocycles. The lowest BCUT2D eigenvalue weighted by atomic mass is 10.1. The van der Waals surface area contributed by atoms with E-state index in [2.05, 4.69) is 17.6 Å². The summed E-state index contributed by atoms with van der Waals surface area (Å²) in [7, 11) is 0. The maximum absolute atomic E-state index is 11.9. The summed E-state index contributed by atoms with van der Waals surface area (Å²) in [6, 6.07) is 7.51. The van der Waals surface area contributed by atoms with Crippen LogP contribution < -0.4 is 10.6 Å². The number of hydrogen-bond donors (Lipinski definition) is 2. The molecule has 3 atom stereocenters. The van der Waals surface area contributed by atoms with Gasteiger partial charge < -0.3 is 10.6 Å². The van der Waals surface area contributed by atoms with Gasteiger partial charge in [0.05, 0.1) is 6.04 Å². The number of anilines is 1. The van der Waals surface area contributed by atoms with E-state index >= 15 is 0 Å². The van der Waals surface area contributed by atoms with Gasteiger partial charge in [0.25, 0.3) is 0 Å². The Bertz CT molecular complexity index is 499. The molecule has 0 aliphatic heterocycles. The molecule has 2 rings (SSSR count). The third kappa shape index (κ3) is 3.56. The molecule has 1 aromatic rings. The summed E-state index contributed by atoms with van der Waals surface area (Å²) >= 11 is 0. The molecule has 1 saturated carbocycles. The van der Waals surface area contributed by atoms with Crippen LogP contribution in [0.3, 0.4) is 0 Å². The molecule has 0 radical (unpaired) electrons. The van der Waals surface area contributed by atoms with E-state index in [0.29, 0.717) is 5.92 Å². The topological polar surface area (TPSA) is 58.2 Å². The van der Waals surface area contributed by atoms with Crippen LogP contribution in [0, 0.1) is 11.8 Å². The van der Waals surface area contributed by atoms with Gasteiger partial charge in [-0.15, -0.1) is 0 Å². The first-order valence-corrected chi connectivity index (χ1v) is 6.65. The highest BCUT2D eigenvalue weighted by atomic mass is 16.2. The van der Waals surface area contributed by atoms with E-state index in [4.69, 9.17) is 0 Å². The van der Waals surface area contributed by atoms with Crippen molar-refractivity contribution < 1.29 is 9.59 Å². The third-order valence-corrected chi connectivity index (χ3v) is 3.51. The quantitative estimate of drug-likeness (QED) is 0.873. The molecule has 0 aromatic heterocycles. The lowest BCUT2D eigenvalue weighted by molar-refractivity contribution is -0.123. The van der Waals surface area contributed by atoms with Gasteiger partial charge in [-0.3, -0.25) is 9.59 Å². The lowest BCUT2D eigenvalue weighted by Gasteiger charge is -2.15. The lowest BCUT2D eigenvalue weighted by Crippen LogP contribution is -2.28. The van der Waals surface area contributed by atoms with E-state index in [0.717, 1.165) is 17.7 Å². The molecule has 0 heterocycles. The minimum atomic E-state index is -0.0966. The van der Waals surface area contributed by atoms with Gasteiger partial charge in [0.2, 0.25) is 11.8 Å². The zero-order chi connectivity index (χ0) is 14.0. The van der Waals surface area contributed by atoms with Crippen LogP contribution in [0.25, 0.3) is 0 Å². The summed E-state index contributed by atoms with van der Waals surface area (Å²) in [5, 5.41) is 5.76. The van der Waals surface area contributed by atoms with Crippen LogP contribution in [0.2, 0.25) is 0 Å². The predicted octanol–water partition coefficient (Wildman–Crippen LogP) is 2.48. The van der Waals surface area contributed by atoms with Crippen molar-refractivity contribution in [2.75, 3.05) is 5.32 Å². The molecule has 2 amide bonds. The van der Waals surface area contributed by atoms with Gasteiger partial charge in [-0.05, 0) is 37.0 Å². The van der Waals surface area contributed by atoms with Crippen molar-refractivity contribution in [1.82, 2.24) is 5.32 Å². The van der Waals surface area contributed by atoms with Gasteiger partial charge in [0.1, 0.15) is 0 Å². The van der Waals surface area contributed by atoms with Crippen molar-refractivity contribution in [3.05, 3.63) is 29.8 Å². The standard InChI is InChI=1S/C15H20N2O2/c1-9-7-14(9)15(19)16-10(2)12-5-4-6-13(8-12)17-11(3)18/h4-6,8-10,14H,7H2,1-3H3,(H,16,19)(H,17,18)/t9-,10-,14-/m0/s1. The first-order valence-electron chi connectivity index (χ1n) is 6.65. The molecular weight excluding hydrogens is 240 g/mol.